The van der Waals surface area contributed by atoms with E-state index in [9.17, 15) is 4.79 Å². The first-order chi connectivity index (χ1) is 7.39. The van der Waals surface area contributed by atoms with E-state index in [0.717, 1.165) is 24.8 Å². The lowest BCUT2D eigenvalue weighted by Crippen LogP contribution is -2.38. The fourth-order valence-corrected chi connectivity index (χ4v) is 2.36. The first kappa shape index (κ1) is 14.0. The summed E-state index contributed by atoms with van der Waals surface area (Å²) in [6.45, 7) is 6.92. The van der Waals surface area contributed by atoms with Crippen molar-refractivity contribution < 1.29 is 4.79 Å². The van der Waals surface area contributed by atoms with Crippen molar-refractivity contribution in [2.45, 2.75) is 57.2 Å². The van der Waals surface area contributed by atoms with Crippen LogP contribution in [0, 0.1) is 11.8 Å². The number of carbonyl (C=O) groups is 1. The zero-order chi connectivity index (χ0) is 12.2. The molecule has 0 saturated heterocycles. The van der Waals surface area contributed by atoms with Crippen molar-refractivity contribution in [1.82, 2.24) is 5.32 Å². The molecule has 3 heteroatoms. The summed E-state index contributed by atoms with van der Waals surface area (Å²) >= 11 is 3.37. The summed E-state index contributed by atoms with van der Waals surface area (Å²) in [6, 6.07) is 0. The molecule has 0 aromatic rings. The summed E-state index contributed by atoms with van der Waals surface area (Å²) in [7, 11) is 0. The highest BCUT2D eigenvalue weighted by molar-refractivity contribution is 9.10. The Hall–Kier alpha value is -0.0500. The third-order valence-corrected chi connectivity index (χ3v) is 3.87. The summed E-state index contributed by atoms with van der Waals surface area (Å²) in [5.41, 5.74) is 0. The van der Waals surface area contributed by atoms with Crippen LogP contribution in [0.5, 0.6) is 0 Å². The van der Waals surface area contributed by atoms with Crippen LogP contribution in [0.15, 0.2) is 0 Å². The smallest absolute Gasteiger partial charge is 0.236 e. The van der Waals surface area contributed by atoms with Crippen molar-refractivity contribution in [3.63, 3.8) is 0 Å². The zero-order valence-corrected chi connectivity index (χ0v) is 12.3. The SMILES string of the molecule is CC1CCC(CCNC(=O)C(C)(C)Br)CC1. The predicted molar refractivity (Wildman–Crippen MR) is 71.8 cm³/mol. The average molecular weight is 290 g/mol. The maximum Gasteiger partial charge on any atom is 0.236 e. The second kappa shape index (κ2) is 6.04. The van der Waals surface area contributed by atoms with E-state index in [1.54, 1.807) is 0 Å². The topological polar surface area (TPSA) is 29.1 Å². The fourth-order valence-electron chi connectivity index (χ4n) is 2.22. The van der Waals surface area contributed by atoms with E-state index in [2.05, 4.69) is 28.2 Å². The molecule has 1 amide bonds. The van der Waals surface area contributed by atoms with Crippen LogP contribution >= 0.6 is 15.9 Å². The van der Waals surface area contributed by atoms with Crippen molar-refractivity contribution in [3.8, 4) is 0 Å². The van der Waals surface area contributed by atoms with Crippen LogP contribution in [0.4, 0.5) is 0 Å². The van der Waals surface area contributed by atoms with E-state index in [4.69, 9.17) is 0 Å². The molecule has 0 heterocycles. The molecule has 94 valence electrons. The molecule has 0 spiro atoms. The molecular weight excluding hydrogens is 266 g/mol. The van der Waals surface area contributed by atoms with E-state index in [0.29, 0.717) is 0 Å². The Morgan fingerprint density at radius 1 is 1.31 bits per heavy atom. The normalized spacial score (nSPS) is 26.5. The fraction of sp³-hybridized carbons (Fsp3) is 0.923. The van der Waals surface area contributed by atoms with E-state index in [1.807, 2.05) is 13.8 Å². The van der Waals surface area contributed by atoms with Crippen LogP contribution in [0.2, 0.25) is 0 Å². The molecular formula is C13H24BrNO. The van der Waals surface area contributed by atoms with Crippen LogP contribution in [0.25, 0.3) is 0 Å². The molecule has 0 bridgehead atoms. The highest BCUT2D eigenvalue weighted by Crippen LogP contribution is 2.30. The standard InChI is InChI=1S/C13H24BrNO/c1-10-4-6-11(7-5-10)8-9-15-12(16)13(2,3)14/h10-11H,4-9H2,1-3H3,(H,15,16). The summed E-state index contributed by atoms with van der Waals surface area (Å²) in [5.74, 6) is 1.83. The van der Waals surface area contributed by atoms with Gasteiger partial charge < -0.3 is 5.32 Å². The molecule has 1 aliphatic carbocycles. The van der Waals surface area contributed by atoms with Gasteiger partial charge in [0.05, 0.1) is 4.32 Å². The number of hydrogen-bond acceptors (Lipinski definition) is 1. The molecule has 0 aliphatic heterocycles. The third-order valence-electron chi connectivity index (χ3n) is 3.51. The van der Waals surface area contributed by atoms with E-state index < -0.39 is 4.32 Å². The molecule has 0 unspecified atom stereocenters. The van der Waals surface area contributed by atoms with Gasteiger partial charge in [-0.05, 0) is 32.1 Å². The molecule has 0 radical (unpaired) electrons. The average Bonchev–Trinajstić information content (AvgIpc) is 2.19. The predicted octanol–water partition coefficient (Wildman–Crippen LogP) is 3.49. The van der Waals surface area contributed by atoms with Gasteiger partial charge >= 0.3 is 0 Å². The van der Waals surface area contributed by atoms with Crippen LogP contribution in [-0.4, -0.2) is 16.8 Å². The minimum absolute atomic E-state index is 0.0941. The molecule has 1 fully saturated rings. The van der Waals surface area contributed by atoms with Crippen LogP contribution < -0.4 is 5.32 Å². The number of hydrogen-bond donors (Lipinski definition) is 1. The van der Waals surface area contributed by atoms with Gasteiger partial charge in [0.2, 0.25) is 5.91 Å². The molecule has 1 N–H and O–H groups in total. The molecule has 2 nitrogen and oxygen atoms in total. The zero-order valence-electron chi connectivity index (χ0n) is 10.7. The number of nitrogens with one attached hydrogen (secondary N) is 1. The second-order valence-corrected chi connectivity index (χ2v) is 7.63. The van der Waals surface area contributed by atoms with Crippen molar-refractivity contribution in [1.29, 1.82) is 0 Å². The second-order valence-electron chi connectivity index (χ2n) is 5.64. The summed E-state index contributed by atoms with van der Waals surface area (Å²) in [6.07, 6.45) is 6.55. The Balaban J connectivity index is 2.14. The summed E-state index contributed by atoms with van der Waals surface area (Å²) in [5, 5.41) is 3.00. The Bertz CT molecular complexity index is 227. The van der Waals surface area contributed by atoms with Gasteiger partial charge in [0.15, 0.2) is 0 Å². The van der Waals surface area contributed by atoms with Gasteiger partial charge in [0.25, 0.3) is 0 Å². The molecule has 1 aliphatic rings. The van der Waals surface area contributed by atoms with E-state index in [1.165, 1.54) is 25.7 Å². The Morgan fingerprint density at radius 3 is 2.38 bits per heavy atom. The first-order valence-corrected chi connectivity index (χ1v) is 7.16. The first-order valence-electron chi connectivity index (χ1n) is 6.37. The monoisotopic (exact) mass is 289 g/mol. The van der Waals surface area contributed by atoms with Gasteiger partial charge in [-0.25, -0.2) is 0 Å². The number of carbonyl (C=O) groups excluding carboxylic acids is 1. The highest BCUT2D eigenvalue weighted by atomic mass is 79.9. The van der Waals surface area contributed by atoms with Gasteiger partial charge in [0, 0.05) is 6.54 Å². The number of halogens is 1. The van der Waals surface area contributed by atoms with Gasteiger partial charge in [-0.1, -0.05) is 48.5 Å². The van der Waals surface area contributed by atoms with Crippen LogP contribution in [-0.2, 0) is 4.79 Å². The van der Waals surface area contributed by atoms with E-state index in [-0.39, 0.29) is 5.91 Å². The number of rotatable bonds is 4. The Kier molecular flexibility index (Phi) is 5.29. The van der Waals surface area contributed by atoms with Crippen molar-refractivity contribution in [2.75, 3.05) is 6.54 Å². The van der Waals surface area contributed by atoms with E-state index >= 15 is 0 Å². The molecule has 1 saturated carbocycles. The lowest BCUT2D eigenvalue weighted by molar-refractivity contribution is -0.122. The minimum atomic E-state index is -0.436. The van der Waals surface area contributed by atoms with Gasteiger partial charge in [-0.2, -0.15) is 0 Å². The summed E-state index contributed by atoms with van der Waals surface area (Å²) < 4.78 is -0.436. The lowest BCUT2D eigenvalue weighted by atomic mass is 9.81. The van der Waals surface area contributed by atoms with Crippen LogP contribution in [0.3, 0.4) is 0 Å². The maximum absolute atomic E-state index is 11.6. The quantitative estimate of drug-likeness (QED) is 0.789. The number of amides is 1. The minimum Gasteiger partial charge on any atom is -0.355 e. The largest absolute Gasteiger partial charge is 0.355 e. The molecule has 1 rings (SSSR count). The highest BCUT2D eigenvalue weighted by Gasteiger charge is 2.23. The van der Waals surface area contributed by atoms with Gasteiger partial charge in [0.1, 0.15) is 0 Å². The van der Waals surface area contributed by atoms with Crippen molar-refractivity contribution in [2.24, 2.45) is 11.8 Å². The maximum atomic E-state index is 11.6. The molecule has 16 heavy (non-hydrogen) atoms. The van der Waals surface area contributed by atoms with Gasteiger partial charge in [-0.3, -0.25) is 4.79 Å². The number of alkyl halides is 1. The summed E-state index contributed by atoms with van der Waals surface area (Å²) in [4.78, 5) is 11.6. The van der Waals surface area contributed by atoms with Crippen molar-refractivity contribution >= 4 is 21.8 Å². The third kappa shape index (κ3) is 4.86. The van der Waals surface area contributed by atoms with Crippen molar-refractivity contribution in [3.05, 3.63) is 0 Å². The lowest BCUT2D eigenvalue weighted by Gasteiger charge is -2.26. The Labute approximate surface area is 108 Å². The molecule has 0 aromatic heterocycles. The Morgan fingerprint density at radius 2 is 1.88 bits per heavy atom. The van der Waals surface area contributed by atoms with Crippen LogP contribution in [0.1, 0.15) is 52.9 Å². The van der Waals surface area contributed by atoms with Gasteiger partial charge in [-0.15, -0.1) is 0 Å². The molecule has 0 atom stereocenters. The molecule has 0 aromatic carbocycles.